The molecule has 1 saturated carbocycles. The Morgan fingerprint density at radius 1 is 1.14 bits per heavy atom. The molecule has 2 aromatic carbocycles. The van der Waals surface area contributed by atoms with Crippen molar-refractivity contribution in [1.82, 2.24) is 10.1 Å². The molecule has 1 saturated heterocycles. The summed E-state index contributed by atoms with van der Waals surface area (Å²) in [5.74, 6) is 2.33. The summed E-state index contributed by atoms with van der Waals surface area (Å²) in [6.07, 6.45) is 2.73. The Bertz CT molecular complexity index is 1240. The lowest BCUT2D eigenvalue weighted by atomic mass is 9.91. The highest BCUT2D eigenvalue weighted by molar-refractivity contribution is 5.87. The molecule has 0 N–H and O–H groups in total. The van der Waals surface area contributed by atoms with E-state index in [4.69, 9.17) is 18.7 Å². The van der Waals surface area contributed by atoms with Gasteiger partial charge in [0.2, 0.25) is 6.79 Å². The fourth-order valence-corrected chi connectivity index (χ4v) is 5.16. The Hall–Kier alpha value is -3.33. The number of ether oxygens (including phenoxy) is 3. The maximum atomic E-state index is 13.4. The van der Waals surface area contributed by atoms with Crippen molar-refractivity contribution in [2.45, 2.75) is 25.2 Å². The minimum Gasteiger partial charge on any atom is -0.454 e. The molecule has 2 fully saturated rings. The van der Waals surface area contributed by atoms with Crippen molar-refractivity contribution in [2.75, 3.05) is 45.0 Å². The SMILES string of the molecule is CN(C(=O)OCC1CC1CN1CCC(c2noc3cc(F)ccc23)CC1)c1ccc2c(c1)OCO2. The smallest absolute Gasteiger partial charge is 0.414 e. The van der Waals surface area contributed by atoms with Gasteiger partial charge in [-0.15, -0.1) is 0 Å². The van der Waals surface area contributed by atoms with E-state index in [1.54, 1.807) is 25.2 Å². The van der Waals surface area contributed by atoms with Gasteiger partial charge in [0.25, 0.3) is 0 Å². The number of carbonyl (C=O) groups is 1. The van der Waals surface area contributed by atoms with Crippen LogP contribution in [0.15, 0.2) is 40.9 Å². The summed E-state index contributed by atoms with van der Waals surface area (Å²) < 4.78 is 35.1. The normalized spacial score (nSPS) is 21.9. The number of nitrogens with zero attached hydrogens (tertiary/aromatic N) is 3. The van der Waals surface area contributed by atoms with Gasteiger partial charge in [-0.1, -0.05) is 5.16 Å². The summed E-state index contributed by atoms with van der Waals surface area (Å²) in [7, 11) is 1.70. The number of hydrogen-bond acceptors (Lipinski definition) is 7. The highest BCUT2D eigenvalue weighted by Crippen LogP contribution is 2.41. The predicted octanol–water partition coefficient (Wildman–Crippen LogP) is 4.78. The van der Waals surface area contributed by atoms with Gasteiger partial charge in [-0.3, -0.25) is 4.90 Å². The van der Waals surface area contributed by atoms with Crippen LogP contribution < -0.4 is 14.4 Å². The molecule has 2 aliphatic heterocycles. The van der Waals surface area contributed by atoms with Crippen LogP contribution >= 0.6 is 0 Å². The van der Waals surface area contributed by atoms with E-state index in [1.807, 2.05) is 6.07 Å². The number of benzene rings is 2. The van der Waals surface area contributed by atoms with Gasteiger partial charge in [-0.2, -0.15) is 0 Å². The second-order valence-electron chi connectivity index (χ2n) is 9.71. The summed E-state index contributed by atoms with van der Waals surface area (Å²) in [6, 6.07) is 10.0. The topological polar surface area (TPSA) is 77.3 Å². The summed E-state index contributed by atoms with van der Waals surface area (Å²) in [5, 5.41) is 5.15. The Morgan fingerprint density at radius 2 is 1.97 bits per heavy atom. The van der Waals surface area contributed by atoms with Crippen molar-refractivity contribution in [3.63, 3.8) is 0 Å². The van der Waals surface area contributed by atoms with E-state index in [0.29, 0.717) is 47.1 Å². The number of fused-ring (bicyclic) bond motifs is 2. The van der Waals surface area contributed by atoms with Crippen LogP contribution in [0.1, 0.15) is 30.9 Å². The van der Waals surface area contributed by atoms with Crippen molar-refractivity contribution >= 4 is 22.7 Å². The largest absolute Gasteiger partial charge is 0.454 e. The van der Waals surface area contributed by atoms with E-state index in [-0.39, 0.29) is 18.7 Å². The van der Waals surface area contributed by atoms with E-state index in [1.165, 1.54) is 17.0 Å². The quantitative estimate of drug-likeness (QED) is 0.501. The average molecular weight is 482 g/mol. The standard InChI is InChI=1S/C26H28FN3O5/c1-29(20-3-5-22-24(12-20)34-15-33-22)26(31)32-14-18-10-17(18)13-30-8-6-16(7-9-30)25-21-4-2-19(27)11-23(21)35-28-25/h2-5,11-12,16-18H,6-10,13-15H2,1H3. The molecule has 3 heterocycles. The van der Waals surface area contributed by atoms with Crippen LogP contribution in [-0.4, -0.2) is 56.2 Å². The van der Waals surface area contributed by atoms with Gasteiger partial charge >= 0.3 is 6.09 Å². The Balaban J connectivity index is 0.947. The van der Waals surface area contributed by atoms with Crippen molar-refractivity contribution in [1.29, 1.82) is 0 Å². The third-order valence-corrected chi connectivity index (χ3v) is 7.44. The zero-order chi connectivity index (χ0) is 23.9. The monoisotopic (exact) mass is 481 g/mol. The van der Waals surface area contributed by atoms with E-state index in [0.717, 1.165) is 50.0 Å². The van der Waals surface area contributed by atoms with Crippen molar-refractivity contribution < 1.29 is 27.9 Å². The first-order valence-corrected chi connectivity index (χ1v) is 12.1. The van der Waals surface area contributed by atoms with Crippen LogP contribution in [0, 0.1) is 17.7 Å². The molecule has 1 aromatic heterocycles. The predicted molar refractivity (Wildman–Crippen MR) is 126 cm³/mol. The van der Waals surface area contributed by atoms with Gasteiger partial charge < -0.3 is 23.6 Å². The Morgan fingerprint density at radius 3 is 2.83 bits per heavy atom. The van der Waals surface area contributed by atoms with Crippen LogP contribution in [0.3, 0.4) is 0 Å². The van der Waals surface area contributed by atoms with Crippen LogP contribution in [0.4, 0.5) is 14.9 Å². The van der Waals surface area contributed by atoms with Gasteiger partial charge in [-0.05, 0) is 68.5 Å². The number of halogens is 1. The van der Waals surface area contributed by atoms with E-state index < -0.39 is 0 Å². The number of likely N-dealkylation sites (tertiary alicyclic amines) is 1. The summed E-state index contributed by atoms with van der Waals surface area (Å²) >= 11 is 0. The number of piperidine rings is 1. The summed E-state index contributed by atoms with van der Waals surface area (Å²) in [5.41, 5.74) is 2.17. The maximum Gasteiger partial charge on any atom is 0.414 e. The summed E-state index contributed by atoms with van der Waals surface area (Å²) in [6.45, 7) is 3.66. The van der Waals surface area contributed by atoms with Crippen LogP contribution in [0.2, 0.25) is 0 Å². The fourth-order valence-electron chi connectivity index (χ4n) is 5.16. The first-order valence-electron chi connectivity index (χ1n) is 12.1. The average Bonchev–Trinajstić information content (AvgIpc) is 3.24. The molecule has 1 amide bonds. The van der Waals surface area contributed by atoms with Crippen molar-refractivity contribution in [2.24, 2.45) is 11.8 Å². The molecule has 3 aliphatic rings. The molecule has 0 bridgehead atoms. The van der Waals surface area contributed by atoms with Crippen LogP contribution in [0.5, 0.6) is 11.5 Å². The first-order chi connectivity index (χ1) is 17.0. The lowest BCUT2D eigenvalue weighted by Gasteiger charge is -2.31. The molecule has 2 atom stereocenters. The van der Waals surface area contributed by atoms with Gasteiger partial charge in [0.1, 0.15) is 5.82 Å². The molecule has 6 rings (SSSR count). The highest BCUT2D eigenvalue weighted by Gasteiger charge is 2.40. The molecule has 1 aliphatic carbocycles. The number of anilines is 1. The molecule has 0 spiro atoms. The van der Waals surface area contributed by atoms with Crippen molar-refractivity contribution in [3.05, 3.63) is 47.9 Å². The van der Waals surface area contributed by atoms with Gasteiger partial charge in [0.15, 0.2) is 17.1 Å². The van der Waals surface area contributed by atoms with Crippen molar-refractivity contribution in [3.8, 4) is 11.5 Å². The van der Waals surface area contributed by atoms with Gasteiger partial charge in [0.05, 0.1) is 18.0 Å². The number of aromatic nitrogens is 1. The van der Waals surface area contributed by atoms with E-state index >= 15 is 0 Å². The van der Waals surface area contributed by atoms with Crippen LogP contribution in [-0.2, 0) is 4.74 Å². The Labute approximate surface area is 202 Å². The van der Waals surface area contributed by atoms with Gasteiger partial charge in [-0.25, -0.2) is 9.18 Å². The lowest BCUT2D eigenvalue weighted by molar-refractivity contribution is 0.144. The highest BCUT2D eigenvalue weighted by atomic mass is 19.1. The summed E-state index contributed by atoms with van der Waals surface area (Å²) in [4.78, 5) is 16.5. The zero-order valence-corrected chi connectivity index (χ0v) is 19.6. The number of rotatable bonds is 6. The lowest BCUT2D eigenvalue weighted by Crippen LogP contribution is -2.35. The molecule has 35 heavy (non-hydrogen) atoms. The molecule has 0 radical (unpaired) electrons. The second-order valence-corrected chi connectivity index (χ2v) is 9.71. The molecular formula is C26H28FN3O5. The molecule has 2 unspecified atom stereocenters. The fraction of sp³-hybridized carbons (Fsp3) is 0.462. The van der Waals surface area contributed by atoms with Crippen LogP contribution in [0.25, 0.3) is 11.0 Å². The second kappa shape index (κ2) is 9.03. The van der Waals surface area contributed by atoms with E-state index in [2.05, 4.69) is 10.1 Å². The number of hydrogen-bond donors (Lipinski definition) is 0. The molecular weight excluding hydrogens is 453 g/mol. The number of amides is 1. The number of carbonyl (C=O) groups excluding carboxylic acids is 1. The third-order valence-electron chi connectivity index (χ3n) is 7.44. The minimum absolute atomic E-state index is 0.200. The molecule has 3 aromatic rings. The van der Waals surface area contributed by atoms with Gasteiger partial charge in [0, 0.05) is 37.0 Å². The zero-order valence-electron chi connectivity index (χ0n) is 19.6. The minimum atomic E-state index is -0.366. The molecule has 9 heteroatoms. The Kier molecular flexibility index (Phi) is 5.72. The molecule has 8 nitrogen and oxygen atoms in total. The molecule has 184 valence electrons. The third kappa shape index (κ3) is 4.52. The van der Waals surface area contributed by atoms with E-state index in [9.17, 15) is 9.18 Å². The maximum absolute atomic E-state index is 13.4. The first kappa shape index (κ1) is 22.2.